The normalized spacial score (nSPS) is 11.5. The third kappa shape index (κ3) is 3.45. The molecule has 6 heteroatoms. The summed E-state index contributed by atoms with van der Waals surface area (Å²) < 4.78 is 10.6. The van der Waals surface area contributed by atoms with Gasteiger partial charge in [0.25, 0.3) is 0 Å². The zero-order valence-electron chi connectivity index (χ0n) is 12.9. The van der Waals surface area contributed by atoms with Gasteiger partial charge in [0.2, 0.25) is 5.76 Å². The Balaban J connectivity index is 2.39. The van der Waals surface area contributed by atoms with E-state index in [9.17, 15) is 4.79 Å². The molecule has 2 aromatic heterocycles. The minimum Gasteiger partial charge on any atom is -0.456 e. The van der Waals surface area contributed by atoms with E-state index < -0.39 is 11.6 Å². The lowest BCUT2D eigenvalue weighted by Gasteiger charge is -2.19. The first kappa shape index (κ1) is 15.2. The third-order valence-corrected chi connectivity index (χ3v) is 2.77. The largest absolute Gasteiger partial charge is 0.456 e. The van der Waals surface area contributed by atoms with Crippen LogP contribution in [0.4, 0.5) is 0 Å². The van der Waals surface area contributed by atoms with Crippen molar-refractivity contribution in [2.45, 2.75) is 46.6 Å². The molecule has 21 heavy (non-hydrogen) atoms. The topological polar surface area (TPSA) is 78.1 Å². The Labute approximate surface area is 123 Å². The van der Waals surface area contributed by atoms with Crippen LogP contribution in [-0.2, 0) is 11.2 Å². The van der Waals surface area contributed by atoms with Gasteiger partial charge in [0.15, 0.2) is 0 Å². The predicted molar refractivity (Wildman–Crippen MR) is 76.8 cm³/mol. The van der Waals surface area contributed by atoms with Crippen LogP contribution in [0.1, 0.15) is 49.4 Å². The number of aromatic nitrogens is 3. The van der Waals surface area contributed by atoms with Crippen LogP contribution in [-0.4, -0.2) is 26.7 Å². The van der Waals surface area contributed by atoms with Crippen molar-refractivity contribution in [3.05, 3.63) is 29.3 Å². The van der Waals surface area contributed by atoms with Crippen molar-refractivity contribution < 1.29 is 14.1 Å². The fourth-order valence-electron chi connectivity index (χ4n) is 1.77. The first-order chi connectivity index (χ1) is 9.81. The molecule has 6 nitrogen and oxygen atoms in total. The molecule has 0 unspecified atom stereocenters. The van der Waals surface area contributed by atoms with Gasteiger partial charge in [-0.1, -0.05) is 12.1 Å². The SMILES string of the molecule is CCc1cnc(-c2onc(C)c2C(=O)OC(C)(C)C)cn1. The highest BCUT2D eigenvalue weighted by Crippen LogP contribution is 2.26. The molecule has 112 valence electrons. The van der Waals surface area contributed by atoms with Gasteiger partial charge in [-0.05, 0) is 34.1 Å². The van der Waals surface area contributed by atoms with Crippen molar-refractivity contribution in [1.29, 1.82) is 0 Å². The van der Waals surface area contributed by atoms with Crippen molar-refractivity contribution in [3.63, 3.8) is 0 Å². The van der Waals surface area contributed by atoms with Gasteiger partial charge in [-0.15, -0.1) is 0 Å². The van der Waals surface area contributed by atoms with E-state index in [1.54, 1.807) is 19.3 Å². The molecular formula is C15H19N3O3. The maximum absolute atomic E-state index is 12.3. The molecule has 0 atom stereocenters. The van der Waals surface area contributed by atoms with E-state index in [0.29, 0.717) is 17.0 Å². The lowest BCUT2D eigenvalue weighted by molar-refractivity contribution is 0.00692. The molecule has 0 aromatic carbocycles. The van der Waals surface area contributed by atoms with Gasteiger partial charge in [-0.3, -0.25) is 4.98 Å². The lowest BCUT2D eigenvalue weighted by Crippen LogP contribution is -2.24. The summed E-state index contributed by atoms with van der Waals surface area (Å²) in [7, 11) is 0. The van der Waals surface area contributed by atoms with E-state index in [1.165, 1.54) is 0 Å². The Hall–Kier alpha value is -2.24. The van der Waals surface area contributed by atoms with Gasteiger partial charge < -0.3 is 9.26 Å². The van der Waals surface area contributed by atoms with Crippen molar-refractivity contribution >= 4 is 5.97 Å². The zero-order chi connectivity index (χ0) is 15.6. The number of rotatable bonds is 3. The molecule has 2 heterocycles. The first-order valence-corrected chi connectivity index (χ1v) is 6.82. The summed E-state index contributed by atoms with van der Waals surface area (Å²) >= 11 is 0. The minimum atomic E-state index is -0.587. The minimum absolute atomic E-state index is 0.289. The molecule has 0 aliphatic carbocycles. The van der Waals surface area contributed by atoms with Crippen molar-refractivity contribution in [2.24, 2.45) is 0 Å². The lowest BCUT2D eigenvalue weighted by atomic mass is 10.1. The molecule has 0 radical (unpaired) electrons. The van der Waals surface area contributed by atoms with Crippen LogP contribution in [0.15, 0.2) is 16.9 Å². The third-order valence-electron chi connectivity index (χ3n) is 2.77. The number of carbonyl (C=O) groups is 1. The first-order valence-electron chi connectivity index (χ1n) is 6.82. The average molecular weight is 289 g/mol. The van der Waals surface area contributed by atoms with E-state index in [2.05, 4.69) is 15.1 Å². The quantitative estimate of drug-likeness (QED) is 0.808. The predicted octanol–water partition coefficient (Wildman–Crippen LogP) is 2.96. The van der Waals surface area contributed by atoms with E-state index in [4.69, 9.17) is 9.26 Å². The fraction of sp³-hybridized carbons (Fsp3) is 0.467. The summed E-state index contributed by atoms with van der Waals surface area (Å²) in [5.74, 6) is -0.186. The monoisotopic (exact) mass is 289 g/mol. The molecule has 0 amide bonds. The molecule has 0 fully saturated rings. The zero-order valence-corrected chi connectivity index (χ0v) is 12.9. The number of aryl methyl sites for hydroxylation is 2. The van der Waals surface area contributed by atoms with Crippen molar-refractivity contribution in [2.75, 3.05) is 0 Å². The number of nitrogens with zero attached hydrogens (tertiary/aromatic N) is 3. The second kappa shape index (κ2) is 5.63. The van der Waals surface area contributed by atoms with Gasteiger partial charge in [0.1, 0.15) is 16.9 Å². The van der Waals surface area contributed by atoms with Crippen LogP contribution in [0.2, 0.25) is 0 Å². The van der Waals surface area contributed by atoms with E-state index >= 15 is 0 Å². The summed E-state index contributed by atoms with van der Waals surface area (Å²) in [5, 5.41) is 3.84. The molecule has 0 spiro atoms. The van der Waals surface area contributed by atoms with Gasteiger partial charge in [0, 0.05) is 6.20 Å². The molecule has 2 rings (SSSR count). The summed E-state index contributed by atoms with van der Waals surface area (Å²) in [5.41, 5.74) is 1.52. The number of hydrogen-bond donors (Lipinski definition) is 0. The standard InChI is InChI=1S/C15H19N3O3/c1-6-10-7-17-11(8-16-10)13-12(9(2)18-21-13)14(19)20-15(3,4)5/h7-8H,6H2,1-5H3. The second-order valence-electron chi connectivity index (χ2n) is 5.72. The maximum Gasteiger partial charge on any atom is 0.344 e. The Bertz CT molecular complexity index is 639. The number of ether oxygens (including phenoxy) is 1. The van der Waals surface area contributed by atoms with Crippen LogP contribution in [0.3, 0.4) is 0 Å². The summed E-state index contributed by atoms with van der Waals surface area (Å²) in [6.07, 6.45) is 4.03. The molecule has 0 saturated carbocycles. The van der Waals surface area contributed by atoms with Crippen LogP contribution >= 0.6 is 0 Å². The highest BCUT2D eigenvalue weighted by Gasteiger charge is 2.27. The number of hydrogen-bond acceptors (Lipinski definition) is 6. The van der Waals surface area contributed by atoms with Crippen LogP contribution in [0.25, 0.3) is 11.5 Å². The van der Waals surface area contributed by atoms with E-state index in [-0.39, 0.29) is 5.76 Å². The molecule has 0 aliphatic heterocycles. The van der Waals surface area contributed by atoms with Crippen LogP contribution in [0, 0.1) is 6.92 Å². The van der Waals surface area contributed by atoms with Crippen molar-refractivity contribution in [1.82, 2.24) is 15.1 Å². The van der Waals surface area contributed by atoms with Crippen molar-refractivity contribution in [3.8, 4) is 11.5 Å². The van der Waals surface area contributed by atoms with Gasteiger partial charge in [-0.25, -0.2) is 9.78 Å². The van der Waals surface area contributed by atoms with Gasteiger partial charge in [-0.2, -0.15) is 0 Å². The molecule has 2 aromatic rings. The summed E-state index contributed by atoms with van der Waals surface area (Å²) in [4.78, 5) is 20.8. The summed E-state index contributed by atoms with van der Waals surface area (Å²) in [6.45, 7) is 9.12. The molecule has 0 saturated heterocycles. The second-order valence-corrected chi connectivity index (χ2v) is 5.72. The van der Waals surface area contributed by atoms with Crippen LogP contribution < -0.4 is 0 Å². The molecule has 0 bridgehead atoms. The van der Waals surface area contributed by atoms with Crippen LogP contribution in [0.5, 0.6) is 0 Å². The highest BCUT2D eigenvalue weighted by atomic mass is 16.6. The molecular weight excluding hydrogens is 270 g/mol. The van der Waals surface area contributed by atoms with Gasteiger partial charge >= 0.3 is 5.97 Å². The number of esters is 1. The highest BCUT2D eigenvalue weighted by molar-refractivity contribution is 5.96. The number of carbonyl (C=O) groups excluding carboxylic acids is 1. The van der Waals surface area contributed by atoms with E-state index in [1.807, 2.05) is 27.7 Å². The molecule has 0 N–H and O–H groups in total. The molecule has 0 aliphatic rings. The Kier molecular flexibility index (Phi) is 4.06. The average Bonchev–Trinajstić information content (AvgIpc) is 2.79. The Morgan fingerprint density at radius 1 is 1.29 bits per heavy atom. The smallest absolute Gasteiger partial charge is 0.344 e. The Morgan fingerprint density at radius 2 is 2.00 bits per heavy atom. The Morgan fingerprint density at radius 3 is 2.52 bits per heavy atom. The fourth-order valence-corrected chi connectivity index (χ4v) is 1.77. The van der Waals surface area contributed by atoms with Gasteiger partial charge in [0.05, 0.1) is 17.6 Å². The summed E-state index contributed by atoms with van der Waals surface area (Å²) in [6, 6.07) is 0. The maximum atomic E-state index is 12.3. The van der Waals surface area contributed by atoms with E-state index in [0.717, 1.165) is 12.1 Å².